The minimum atomic E-state index is -0.991. The molecule has 6 heteroatoms. The fraction of sp³-hybridized carbons (Fsp3) is 0.222. The summed E-state index contributed by atoms with van der Waals surface area (Å²) < 4.78 is 6.49. The molecule has 0 aliphatic rings. The van der Waals surface area contributed by atoms with Gasteiger partial charge in [0.05, 0.1) is 18.1 Å². The Hall–Kier alpha value is -2.11. The molecule has 2 rings (SSSR count). The van der Waals surface area contributed by atoms with Crippen molar-refractivity contribution in [2.24, 2.45) is 7.05 Å². The molecule has 6 nitrogen and oxygen atoms in total. The van der Waals surface area contributed by atoms with Crippen molar-refractivity contribution in [3.63, 3.8) is 0 Å². The summed E-state index contributed by atoms with van der Waals surface area (Å²) in [7, 11) is 3.18. The number of ether oxygens (including phenoxy) is 1. The van der Waals surface area contributed by atoms with Crippen molar-refractivity contribution in [2.75, 3.05) is 7.11 Å². The van der Waals surface area contributed by atoms with Gasteiger partial charge in [-0.15, -0.1) is 0 Å². The number of carboxylic acids is 1. The lowest BCUT2D eigenvalue weighted by Crippen LogP contribution is -1.95. The van der Waals surface area contributed by atoms with Crippen molar-refractivity contribution in [3.8, 4) is 6.01 Å². The van der Waals surface area contributed by atoms with Crippen LogP contribution in [0.25, 0.3) is 11.0 Å². The normalized spacial score (nSPS) is 10.5. The van der Waals surface area contributed by atoms with Gasteiger partial charge in [-0.05, 0) is 0 Å². The second-order valence-corrected chi connectivity index (χ2v) is 3.05. The molecule has 0 radical (unpaired) electrons. The minimum Gasteiger partial charge on any atom is -0.478 e. The Bertz CT molecular complexity index is 533. The van der Waals surface area contributed by atoms with Gasteiger partial charge in [-0.1, -0.05) is 0 Å². The van der Waals surface area contributed by atoms with Crippen molar-refractivity contribution in [3.05, 3.63) is 18.0 Å². The molecular weight excluding hydrogens is 198 g/mol. The molecule has 1 N–H and O–H groups in total. The number of hydrogen-bond donors (Lipinski definition) is 1. The number of methoxy groups -OCH3 is 1. The van der Waals surface area contributed by atoms with Gasteiger partial charge in [0.25, 0.3) is 0 Å². The number of rotatable bonds is 2. The Morgan fingerprint density at radius 2 is 2.33 bits per heavy atom. The van der Waals surface area contributed by atoms with E-state index in [1.54, 1.807) is 11.6 Å². The van der Waals surface area contributed by atoms with Gasteiger partial charge < -0.3 is 14.4 Å². The fourth-order valence-electron chi connectivity index (χ4n) is 1.41. The van der Waals surface area contributed by atoms with E-state index in [1.807, 2.05) is 0 Å². The van der Waals surface area contributed by atoms with Crippen LogP contribution in [-0.2, 0) is 7.05 Å². The van der Waals surface area contributed by atoms with Crippen LogP contribution < -0.4 is 4.74 Å². The van der Waals surface area contributed by atoms with Crippen LogP contribution in [0, 0.1) is 0 Å². The molecule has 0 aliphatic heterocycles. The van der Waals surface area contributed by atoms with Crippen LogP contribution in [0.2, 0.25) is 0 Å². The third kappa shape index (κ3) is 1.39. The number of aromatic nitrogens is 3. The molecule has 0 spiro atoms. The van der Waals surface area contributed by atoms with E-state index in [0.29, 0.717) is 11.0 Å². The molecule has 0 atom stereocenters. The summed E-state index contributed by atoms with van der Waals surface area (Å²) in [6, 6.07) is 0.223. The van der Waals surface area contributed by atoms with Gasteiger partial charge >= 0.3 is 12.0 Å². The van der Waals surface area contributed by atoms with Crippen LogP contribution in [-0.4, -0.2) is 32.7 Å². The molecule has 0 saturated carbocycles. The summed E-state index contributed by atoms with van der Waals surface area (Å²) >= 11 is 0. The maximum atomic E-state index is 10.9. The van der Waals surface area contributed by atoms with Crippen LogP contribution in [0.4, 0.5) is 0 Å². The van der Waals surface area contributed by atoms with E-state index in [-0.39, 0.29) is 11.6 Å². The highest BCUT2D eigenvalue weighted by Gasteiger charge is 2.14. The van der Waals surface area contributed by atoms with Crippen molar-refractivity contribution < 1.29 is 14.6 Å². The Labute approximate surface area is 85.1 Å². The smallest absolute Gasteiger partial charge is 0.337 e. The number of aromatic carboxylic acids is 1. The first-order valence-corrected chi connectivity index (χ1v) is 4.23. The SMILES string of the molecule is COc1ncc2c(C(=O)O)cn(C)c2n1. The summed E-state index contributed by atoms with van der Waals surface area (Å²) in [4.78, 5) is 18.8. The van der Waals surface area contributed by atoms with E-state index in [0.717, 1.165) is 0 Å². The Balaban J connectivity index is 2.75. The van der Waals surface area contributed by atoms with Gasteiger partial charge in [0.2, 0.25) is 0 Å². The topological polar surface area (TPSA) is 77.2 Å². The monoisotopic (exact) mass is 207 g/mol. The average molecular weight is 207 g/mol. The summed E-state index contributed by atoms with van der Waals surface area (Å²) in [6.45, 7) is 0. The Morgan fingerprint density at radius 1 is 1.60 bits per heavy atom. The van der Waals surface area contributed by atoms with Gasteiger partial charge in [0.1, 0.15) is 5.65 Å². The lowest BCUT2D eigenvalue weighted by molar-refractivity contribution is 0.0699. The third-order valence-corrected chi connectivity index (χ3v) is 2.11. The zero-order valence-electron chi connectivity index (χ0n) is 8.26. The van der Waals surface area contributed by atoms with Gasteiger partial charge in [-0.25, -0.2) is 9.78 Å². The number of carboxylic acid groups (broad SMARTS) is 1. The predicted molar refractivity (Wildman–Crippen MR) is 52.0 cm³/mol. The quantitative estimate of drug-likeness (QED) is 0.783. The van der Waals surface area contributed by atoms with E-state index >= 15 is 0 Å². The molecule has 0 aromatic carbocycles. The molecule has 0 unspecified atom stereocenters. The van der Waals surface area contributed by atoms with Crippen LogP contribution in [0.15, 0.2) is 12.4 Å². The summed E-state index contributed by atoms with van der Waals surface area (Å²) in [5.74, 6) is -0.991. The third-order valence-electron chi connectivity index (χ3n) is 2.11. The molecule has 0 aliphatic carbocycles. The van der Waals surface area contributed by atoms with E-state index in [2.05, 4.69) is 9.97 Å². The van der Waals surface area contributed by atoms with Crippen LogP contribution in [0.3, 0.4) is 0 Å². The standard InChI is InChI=1S/C9H9N3O3/c1-12-4-6(8(13)14)5-3-10-9(15-2)11-7(5)12/h3-4H,1-2H3,(H,13,14). The van der Waals surface area contributed by atoms with Crippen molar-refractivity contribution >= 4 is 17.0 Å². The lowest BCUT2D eigenvalue weighted by atomic mass is 10.2. The minimum absolute atomic E-state index is 0.190. The van der Waals surface area contributed by atoms with Gasteiger partial charge in [-0.3, -0.25) is 0 Å². The fourth-order valence-corrected chi connectivity index (χ4v) is 1.41. The van der Waals surface area contributed by atoms with E-state index < -0.39 is 5.97 Å². The molecule has 2 heterocycles. The number of nitrogens with zero attached hydrogens (tertiary/aromatic N) is 3. The number of hydrogen-bond acceptors (Lipinski definition) is 4. The van der Waals surface area contributed by atoms with Crippen LogP contribution >= 0.6 is 0 Å². The largest absolute Gasteiger partial charge is 0.478 e. The van der Waals surface area contributed by atoms with Gasteiger partial charge in [0, 0.05) is 19.4 Å². The molecule has 0 fully saturated rings. The van der Waals surface area contributed by atoms with Gasteiger partial charge in [-0.2, -0.15) is 4.98 Å². The molecule has 0 amide bonds. The molecule has 15 heavy (non-hydrogen) atoms. The molecule has 78 valence electrons. The summed E-state index contributed by atoms with van der Waals surface area (Å²) in [5.41, 5.74) is 0.731. The molecular formula is C9H9N3O3. The predicted octanol–water partition coefficient (Wildman–Crippen LogP) is 0.675. The first kappa shape index (κ1) is 9.45. The zero-order valence-corrected chi connectivity index (χ0v) is 8.26. The van der Waals surface area contributed by atoms with Crippen LogP contribution in [0.1, 0.15) is 10.4 Å². The average Bonchev–Trinajstić information content (AvgIpc) is 2.56. The number of fused-ring (bicyclic) bond motifs is 1. The van der Waals surface area contributed by atoms with E-state index in [1.165, 1.54) is 19.5 Å². The first-order chi connectivity index (χ1) is 7.13. The maximum absolute atomic E-state index is 10.9. The first-order valence-electron chi connectivity index (χ1n) is 4.23. The molecule has 2 aromatic heterocycles. The van der Waals surface area contributed by atoms with Crippen molar-refractivity contribution in [1.29, 1.82) is 0 Å². The Morgan fingerprint density at radius 3 is 2.93 bits per heavy atom. The second kappa shape index (κ2) is 3.23. The van der Waals surface area contributed by atoms with Crippen molar-refractivity contribution in [1.82, 2.24) is 14.5 Å². The maximum Gasteiger partial charge on any atom is 0.337 e. The zero-order chi connectivity index (χ0) is 11.0. The van der Waals surface area contributed by atoms with Gasteiger partial charge in [0.15, 0.2) is 0 Å². The molecule has 0 saturated heterocycles. The Kier molecular flexibility index (Phi) is 2.03. The van der Waals surface area contributed by atoms with Crippen LogP contribution in [0.5, 0.6) is 6.01 Å². The van der Waals surface area contributed by atoms with Crippen molar-refractivity contribution in [2.45, 2.75) is 0 Å². The number of aryl methyl sites for hydroxylation is 1. The number of carbonyl (C=O) groups is 1. The summed E-state index contributed by atoms with van der Waals surface area (Å²) in [5, 5.41) is 9.43. The summed E-state index contributed by atoms with van der Waals surface area (Å²) in [6.07, 6.45) is 2.95. The second-order valence-electron chi connectivity index (χ2n) is 3.05. The lowest BCUT2D eigenvalue weighted by Gasteiger charge is -1.98. The van der Waals surface area contributed by atoms with E-state index in [9.17, 15) is 4.79 Å². The highest BCUT2D eigenvalue weighted by Crippen LogP contribution is 2.19. The highest BCUT2D eigenvalue weighted by molar-refractivity contribution is 6.02. The van der Waals surface area contributed by atoms with E-state index in [4.69, 9.17) is 9.84 Å². The highest BCUT2D eigenvalue weighted by atomic mass is 16.5. The molecule has 0 bridgehead atoms. The molecule has 2 aromatic rings.